The van der Waals surface area contributed by atoms with Crippen molar-refractivity contribution in [1.82, 2.24) is 0 Å². The Morgan fingerprint density at radius 3 is 2.25 bits per heavy atom. The van der Waals surface area contributed by atoms with Crippen LogP contribution in [0.5, 0.6) is 0 Å². The molecule has 1 nitrogen and oxygen atoms in total. The standard InChI is InChI=1S/C16H15Cl2FO/c1-16(20,9-11-2-4-13(17)5-3-11)10-12-8-14(18)6-7-15(12)19/h2-8,20H,9-10H2,1H3. The van der Waals surface area contributed by atoms with Crippen molar-refractivity contribution in [1.29, 1.82) is 0 Å². The molecule has 0 fully saturated rings. The Hall–Kier alpha value is -1.09. The van der Waals surface area contributed by atoms with Gasteiger partial charge in [-0.15, -0.1) is 0 Å². The Morgan fingerprint density at radius 2 is 1.60 bits per heavy atom. The van der Waals surface area contributed by atoms with Crippen LogP contribution in [0.1, 0.15) is 18.1 Å². The normalized spacial score (nSPS) is 14.1. The lowest BCUT2D eigenvalue weighted by atomic mass is 9.89. The first-order valence-corrected chi connectivity index (χ1v) is 7.02. The average molecular weight is 313 g/mol. The van der Waals surface area contributed by atoms with Gasteiger partial charge < -0.3 is 5.11 Å². The van der Waals surface area contributed by atoms with Crippen LogP contribution in [0.4, 0.5) is 4.39 Å². The molecular weight excluding hydrogens is 298 g/mol. The van der Waals surface area contributed by atoms with Gasteiger partial charge in [-0.05, 0) is 48.4 Å². The van der Waals surface area contributed by atoms with Gasteiger partial charge in [0.05, 0.1) is 5.60 Å². The minimum absolute atomic E-state index is 0.196. The van der Waals surface area contributed by atoms with Gasteiger partial charge in [-0.1, -0.05) is 35.3 Å². The molecule has 1 unspecified atom stereocenters. The molecule has 4 heteroatoms. The van der Waals surface area contributed by atoms with E-state index in [1.165, 1.54) is 12.1 Å². The highest BCUT2D eigenvalue weighted by Gasteiger charge is 2.23. The summed E-state index contributed by atoms with van der Waals surface area (Å²) in [5.41, 5.74) is 0.303. The molecule has 0 aliphatic heterocycles. The highest BCUT2D eigenvalue weighted by Crippen LogP contribution is 2.23. The van der Waals surface area contributed by atoms with Gasteiger partial charge in [-0.3, -0.25) is 0 Å². The molecule has 0 aliphatic carbocycles. The van der Waals surface area contributed by atoms with Crippen LogP contribution in [0.25, 0.3) is 0 Å². The molecule has 0 saturated heterocycles. The summed E-state index contributed by atoms with van der Waals surface area (Å²) in [5.74, 6) is -0.356. The zero-order valence-corrected chi connectivity index (χ0v) is 12.5. The number of hydrogen-bond acceptors (Lipinski definition) is 1. The monoisotopic (exact) mass is 312 g/mol. The highest BCUT2D eigenvalue weighted by molar-refractivity contribution is 6.30. The van der Waals surface area contributed by atoms with Gasteiger partial charge in [0.1, 0.15) is 5.82 Å². The molecule has 2 aromatic carbocycles. The molecule has 1 N–H and O–H groups in total. The first kappa shape index (κ1) is 15.3. The van der Waals surface area contributed by atoms with Crippen LogP contribution < -0.4 is 0 Å². The van der Waals surface area contributed by atoms with Crippen LogP contribution >= 0.6 is 23.2 Å². The molecule has 0 heterocycles. The summed E-state index contributed by atoms with van der Waals surface area (Å²) >= 11 is 11.7. The Kier molecular flexibility index (Phi) is 4.69. The second-order valence-electron chi connectivity index (χ2n) is 5.21. The van der Waals surface area contributed by atoms with Gasteiger partial charge in [0.25, 0.3) is 0 Å². The van der Waals surface area contributed by atoms with Gasteiger partial charge in [-0.2, -0.15) is 0 Å². The number of rotatable bonds is 4. The van der Waals surface area contributed by atoms with Gasteiger partial charge in [0, 0.05) is 22.9 Å². The van der Waals surface area contributed by atoms with E-state index in [4.69, 9.17) is 23.2 Å². The fourth-order valence-electron chi connectivity index (χ4n) is 2.19. The van der Waals surface area contributed by atoms with Gasteiger partial charge in [0.2, 0.25) is 0 Å². The SMILES string of the molecule is CC(O)(Cc1ccc(Cl)cc1)Cc1cc(Cl)ccc1F. The van der Waals surface area contributed by atoms with Crippen molar-refractivity contribution in [3.8, 4) is 0 Å². The summed E-state index contributed by atoms with van der Waals surface area (Å²) < 4.78 is 13.7. The lowest BCUT2D eigenvalue weighted by molar-refractivity contribution is 0.0599. The zero-order chi connectivity index (χ0) is 14.8. The molecule has 0 amide bonds. The summed E-state index contributed by atoms with van der Waals surface area (Å²) in [6.07, 6.45) is 0.609. The first-order valence-electron chi connectivity index (χ1n) is 6.26. The van der Waals surface area contributed by atoms with E-state index in [9.17, 15) is 9.50 Å². The van der Waals surface area contributed by atoms with Crippen LogP contribution in [-0.4, -0.2) is 10.7 Å². The van der Waals surface area contributed by atoms with E-state index in [2.05, 4.69) is 0 Å². The minimum Gasteiger partial charge on any atom is -0.389 e. The number of halogens is 3. The molecule has 106 valence electrons. The van der Waals surface area contributed by atoms with Crippen LogP contribution in [0.3, 0.4) is 0 Å². The third-order valence-electron chi connectivity index (χ3n) is 3.08. The molecule has 2 rings (SSSR count). The first-order chi connectivity index (χ1) is 9.35. The fraction of sp³-hybridized carbons (Fsp3) is 0.250. The summed E-state index contributed by atoms with van der Waals surface area (Å²) in [5, 5.41) is 11.6. The third-order valence-corrected chi connectivity index (χ3v) is 3.56. The Balaban J connectivity index is 2.14. The Labute approximate surface area is 128 Å². The summed E-state index contributed by atoms with van der Waals surface area (Å²) in [7, 11) is 0. The van der Waals surface area contributed by atoms with Crippen molar-refractivity contribution in [2.75, 3.05) is 0 Å². The Morgan fingerprint density at radius 1 is 1.00 bits per heavy atom. The quantitative estimate of drug-likeness (QED) is 0.870. The molecule has 0 spiro atoms. The van der Waals surface area contributed by atoms with E-state index < -0.39 is 5.60 Å². The van der Waals surface area contributed by atoms with E-state index in [1.807, 2.05) is 12.1 Å². The summed E-state index contributed by atoms with van der Waals surface area (Å²) in [6, 6.07) is 11.6. The predicted molar refractivity (Wildman–Crippen MR) is 80.9 cm³/mol. The van der Waals surface area contributed by atoms with E-state index in [-0.39, 0.29) is 12.2 Å². The van der Waals surface area contributed by atoms with Crippen molar-refractivity contribution in [2.24, 2.45) is 0 Å². The molecule has 0 radical (unpaired) electrons. The molecule has 0 aliphatic rings. The van der Waals surface area contributed by atoms with Crippen molar-refractivity contribution >= 4 is 23.2 Å². The molecule has 1 atom stereocenters. The predicted octanol–water partition coefficient (Wildman–Crippen LogP) is 4.67. The molecule has 0 bridgehead atoms. The molecule has 0 aromatic heterocycles. The smallest absolute Gasteiger partial charge is 0.126 e. The topological polar surface area (TPSA) is 20.2 Å². The third kappa shape index (κ3) is 4.20. The zero-order valence-electron chi connectivity index (χ0n) is 11.0. The van der Waals surface area contributed by atoms with E-state index >= 15 is 0 Å². The maximum Gasteiger partial charge on any atom is 0.126 e. The number of aliphatic hydroxyl groups is 1. The van der Waals surface area contributed by atoms with Crippen molar-refractivity contribution in [3.05, 3.63) is 69.5 Å². The fourth-order valence-corrected chi connectivity index (χ4v) is 2.51. The molecule has 0 saturated carbocycles. The van der Waals surface area contributed by atoms with E-state index in [0.717, 1.165) is 5.56 Å². The number of benzene rings is 2. The highest BCUT2D eigenvalue weighted by atomic mass is 35.5. The van der Waals surface area contributed by atoms with Gasteiger partial charge >= 0.3 is 0 Å². The van der Waals surface area contributed by atoms with Crippen LogP contribution in [0, 0.1) is 5.82 Å². The largest absolute Gasteiger partial charge is 0.389 e. The van der Waals surface area contributed by atoms with E-state index in [0.29, 0.717) is 22.0 Å². The van der Waals surface area contributed by atoms with Gasteiger partial charge in [-0.25, -0.2) is 4.39 Å². The second kappa shape index (κ2) is 6.13. The minimum atomic E-state index is -1.06. The van der Waals surface area contributed by atoms with E-state index in [1.54, 1.807) is 25.1 Å². The molecule has 2 aromatic rings. The molecular formula is C16H15Cl2FO. The van der Waals surface area contributed by atoms with Crippen LogP contribution in [0.2, 0.25) is 10.0 Å². The molecule has 20 heavy (non-hydrogen) atoms. The summed E-state index contributed by atoms with van der Waals surface area (Å²) in [6.45, 7) is 1.68. The van der Waals surface area contributed by atoms with Crippen LogP contribution in [-0.2, 0) is 12.8 Å². The maximum atomic E-state index is 13.7. The van der Waals surface area contributed by atoms with Crippen molar-refractivity contribution in [3.63, 3.8) is 0 Å². The van der Waals surface area contributed by atoms with Crippen molar-refractivity contribution in [2.45, 2.75) is 25.4 Å². The Bertz CT molecular complexity index is 594. The lowest BCUT2D eigenvalue weighted by Gasteiger charge is -2.24. The maximum absolute atomic E-state index is 13.7. The second-order valence-corrected chi connectivity index (χ2v) is 6.09. The number of hydrogen-bond donors (Lipinski definition) is 1. The van der Waals surface area contributed by atoms with Gasteiger partial charge in [0.15, 0.2) is 0 Å². The lowest BCUT2D eigenvalue weighted by Crippen LogP contribution is -2.30. The summed E-state index contributed by atoms with van der Waals surface area (Å²) in [4.78, 5) is 0. The van der Waals surface area contributed by atoms with Crippen molar-refractivity contribution < 1.29 is 9.50 Å². The van der Waals surface area contributed by atoms with Crippen LogP contribution in [0.15, 0.2) is 42.5 Å². The average Bonchev–Trinajstić information content (AvgIpc) is 2.36.